The number of unbranched alkanes of at least 4 members (excludes halogenated alkanes) is 1. The van der Waals surface area contributed by atoms with E-state index < -0.39 is 0 Å². The number of rotatable bonds is 6. The predicted octanol–water partition coefficient (Wildman–Crippen LogP) is 3.16. The average molecular weight is 290 g/mol. The largest absolute Gasteiger partial charge is 0.508 e. The third-order valence-corrected chi connectivity index (χ3v) is 4.54. The Kier molecular flexibility index (Phi) is 6.07. The summed E-state index contributed by atoms with van der Waals surface area (Å²) in [6, 6.07) is 7.87. The number of benzene rings is 1. The van der Waals surface area contributed by atoms with Gasteiger partial charge in [-0.25, -0.2) is 0 Å². The maximum atomic E-state index is 9.76. The molecule has 2 atom stereocenters. The third kappa shape index (κ3) is 4.72. The monoisotopic (exact) mass is 290 g/mol. The van der Waals surface area contributed by atoms with Crippen molar-refractivity contribution >= 4 is 0 Å². The summed E-state index contributed by atoms with van der Waals surface area (Å²) in [7, 11) is 4.31. The number of likely N-dealkylation sites (tertiary alicyclic amines) is 1. The minimum atomic E-state index is 0.393. The third-order valence-electron chi connectivity index (χ3n) is 4.54. The van der Waals surface area contributed by atoms with Crippen LogP contribution in [0, 0.1) is 5.92 Å². The molecule has 3 nitrogen and oxygen atoms in total. The van der Waals surface area contributed by atoms with Crippen molar-refractivity contribution in [2.45, 2.75) is 32.1 Å². The van der Waals surface area contributed by atoms with Crippen LogP contribution in [0.1, 0.15) is 37.7 Å². The standard InChI is InChI=1S/C18H30N2O/c1-4-5-10-20-11-9-18(16(14-20)13-19(2)3)15-7-6-8-17(21)12-15/h6-8,12,16,18,21H,4-5,9-11,13-14H2,1-3H3. The van der Waals surface area contributed by atoms with Crippen molar-refractivity contribution in [1.82, 2.24) is 9.80 Å². The Morgan fingerprint density at radius 1 is 1.33 bits per heavy atom. The van der Waals surface area contributed by atoms with Crippen LogP contribution in [0.5, 0.6) is 5.75 Å². The molecule has 21 heavy (non-hydrogen) atoms. The molecule has 0 amide bonds. The lowest BCUT2D eigenvalue weighted by Crippen LogP contribution is -2.43. The van der Waals surface area contributed by atoms with E-state index in [4.69, 9.17) is 0 Å². The van der Waals surface area contributed by atoms with Gasteiger partial charge in [0.25, 0.3) is 0 Å². The van der Waals surface area contributed by atoms with E-state index >= 15 is 0 Å². The first-order chi connectivity index (χ1) is 10.1. The molecule has 1 aromatic carbocycles. The van der Waals surface area contributed by atoms with Crippen molar-refractivity contribution in [2.24, 2.45) is 5.92 Å². The first-order valence-corrected chi connectivity index (χ1v) is 8.26. The van der Waals surface area contributed by atoms with E-state index in [0.29, 0.717) is 17.6 Å². The van der Waals surface area contributed by atoms with E-state index in [-0.39, 0.29) is 0 Å². The fraction of sp³-hybridized carbons (Fsp3) is 0.667. The van der Waals surface area contributed by atoms with Crippen molar-refractivity contribution in [3.05, 3.63) is 29.8 Å². The number of phenolic OH excluding ortho intramolecular Hbond substituents is 1. The number of phenols is 1. The zero-order valence-corrected chi connectivity index (χ0v) is 13.8. The molecule has 118 valence electrons. The Morgan fingerprint density at radius 2 is 2.14 bits per heavy atom. The molecule has 1 aliphatic rings. The molecular weight excluding hydrogens is 260 g/mol. The highest BCUT2D eigenvalue weighted by Crippen LogP contribution is 2.34. The Bertz CT molecular complexity index is 433. The maximum absolute atomic E-state index is 9.76. The maximum Gasteiger partial charge on any atom is 0.115 e. The zero-order chi connectivity index (χ0) is 15.2. The molecule has 0 bridgehead atoms. The van der Waals surface area contributed by atoms with Gasteiger partial charge in [-0.3, -0.25) is 0 Å². The minimum Gasteiger partial charge on any atom is -0.508 e. The van der Waals surface area contributed by atoms with Crippen LogP contribution >= 0.6 is 0 Å². The highest BCUT2D eigenvalue weighted by atomic mass is 16.3. The first-order valence-electron chi connectivity index (χ1n) is 8.26. The zero-order valence-electron chi connectivity index (χ0n) is 13.8. The molecule has 0 saturated carbocycles. The van der Waals surface area contributed by atoms with Crippen LogP contribution in [-0.2, 0) is 0 Å². The summed E-state index contributed by atoms with van der Waals surface area (Å²) < 4.78 is 0. The van der Waals surface area contributed by atoms with E-state index in [9.17, 15) is 5.11 Å². The fourth-order valence-corrected chi connectivity index (χ4v) is 3.54. The summed E-state index contributed by atoms with van der Waals surface area (Å²) in [5.74, 6) is 1.61. The molecule has 0 radical (unpaired) electrons. The van der Waals surface area contributed by atoms with Gasteiger partial charge in [-0.05, 0) is 69.6 Å². The normalized spacial score (nSPS) is 23.6. The van der Waals surface area contributed by atoms with Crippen molar-refractivity contribution in [1.29, 1.82) is 0 Å². The fourth-order valence-electron chi connectivity index (χ4n) is 3.54. The summed E-state index contributed by atoms with van der Waals surface area (Å²) in [5.41, 5.74) is 1.30. The second kappa shape index (κ2) is 7.81. The van der Waals surface area contributed by atoms with E-state index in [1.807, 2.05) is 12.1 Å². The first kappa shape index (κ1) is 16.3. The lowest BCUT2D eigenvalue weighted by Gasteiger charge is -2.40. The molecule has 0 spiro atoms. The number of hydrogen-bond acceptors (Lipinski definition) is 3. The van der Waals surface area contributed by atoms with Crippen LogP contribution < -0.4 is 0 Å². The highest BCUT2D eigenvalue weighted by Gasteiger charge is 2.30. The second-order valence-electron chi connectivity index (χ2n) is 6.67. The summed E-state index contributed by atoms with van der Waals surface area (Å²) in [4.78, 5) is 4.92. The number of piperidine rings is 1. The minimum absolute atomic E-state index is 0.393. The van der Waals surface area contributed by atoms with Gasteiger partial charge >= 0.3 is 0 Å². The molecule has 1 heterocycles. The van der Waals surface area contributed by atoms with Crippen LogP contribution in [0.15, 0.2) is 24.3 Å². The molecule has 2 unspecified atom stereocenters. The van der Waals surface area contributed by atoms with Gasteiger partial charge in [-0.1, -0.05) is 25.5 Å². The molecule has 1 aliphatic heterocycles. The molecule has 1 aromatic rings. The van der Waals surface area contributed by atoms with Gasteiger partial charge < -0.3 is 14.9 Å². The van der Waals surface area contributed by atoms with Crippen LogP contribution in [0.4, 0.5) is 0 Å². The van der Waals surface area contributed by atoms with Crippen LogP contribution in [-0.4, -0.2) is 55.2 Å². The Hall–Kier alpha value is -1.06. The number of hydrogen-bond donors (Lipinski definition) is 1. The quantitative estimate of drug-likeness (QED) is 0.872. The Morgan fingerprint density at radius 3 is 2.81 bits per heavy atom. The van der Waals surface area contributed by atoms with Gasteiger partial charge in [0.1, 0.15) is 5.75 Å². The van der Waals surface area contributed by atoms with E-state index in [1.165, 1.54) is 44.5 Å². The van der Waals surface area contributed by atoms with Crippen LogP contribution in [0.2, 0.25) is 0 Å². The van der Waals surface area contributed by atoms with Gasteiger partial charge in [0.2, 0.25) is 0 Å². The topological polar surface area (TPSA) is 26.7 Å². The van der Waals surface area contributed by atoms with Crippen molar-refractivity contribution < 1.29 is 5.11 Å². The summed E-state index contributed by atoms with van der Waals surface area (Å²) >= 11 is 0. The van der Waals surface area contributed by atoms with Crippen molar-refractivity contribution in [2.75, 3.05) is 40.3 Å². The van der Waals surface area contributed by atoms with E-state index in [2.05, 4.69) is 36.9 Å². The van der Waals surface area contributed by atoms with Gasteiger partial charge in [0, 0.05) is 13.1 Å². The number of aromatic hydroxyl groups is 1. The Balaban J connectivity index is 2.08. The van der Waals surface area contributed by atoms with Gasteiger partial charge in [0.15, 0.2) is 0 Å². The Labute approximate surface area is 129 Å². The van der Waals surface area contributed by atoms with Crippen LogP contribution in [0.25, 0.3) is 0 Å². The molecule has 0 aromatic heterocycles. The molecule has 0 aliphatic carbocycles. The lowest BCUT2D eigenvalue weighted by molar-refractivity contribution is 0.129. The molecule has 2 rings (SSSR count). The molecule has 1 saturated heterocycles. The second-order valence-corrected chi connectivity index (χ2v) is 6.67. The van der Waals surface area contributed by atoms with Crippen molar-refractivity contribution in [3.8, 4) is 5.75 Å². The molecule has 3 heteroatoms. The molecule has 1 fully saturated rings. The van der Waals surface area contributed by atoms with Gasteiger partial charge in [0.05, 0.1) is 0 Å². The van der Waals surface area contributed by atoms with E-state index in [0.717, 1.165) is 6.54 Å². The molecule has 1 N–H and O–H groups in total. The van der Waals surface area contributed by atoms with Crippen LogP contribution in [0.3, 0.4) is 0 Å². The highest BCUT2D eigenvalue weighted by molar-refractivity contribution is 5.30. The van der Waals surface area contributed by atoms with E-state index in [1.54, 1.807) is 6.07 Å². The average Bonchev–Trinajstić information content (AvgIpc) is 2.44. The van der Waals surface area contributed by atoms with Gasteiger partial charge in [-0.2, -0.15) is 0 Å². The smallest absolute Gasteiger partial charge is 0.115 e. The molecular formula is C18H30N2O. The van der Waals surface area contributed by atoms with Crippen molar-refractivity contribution in [3.63, 3.8) is 0 Å². The van der Waals surface area contributed by atoms with Gasteiger partial charge in [-0.15, -0.1) is 0 Å². The summed E-state index contributed by atoms with van der Waals surface area (Å²) in [6.07, 6.45) is 3.77. The summed E-state index contributed by atoms with van der Waals surface area (Å²) in [6.45, 7) is 6.97. The summed E-state index contributed by atoms with van der Waals surface area (Å²) in [5, 5.41) is 9.76. The number of nitrogens with zero attached hydrogens (tertiary/aromatic N) is 2. The lowest BCUT2D eigenvalue weighted by atomic mass is 9.80. The SMILES string of the molecule is CCCCN1CCC(c2cccc(O)c2)C(CN(C)C)C1. The predicted molar refractivity (Wildman–Crippen MR) is 88.9 cm³/mol.